The van der Waals surface area contributed by atoms with E-state index >= 15 is 0 Å². The first-order chi connectivity index (χ1) is 9.06. The molecule has 0 aliphatic heterocycles. The number of hydrogen-bond acceptors (Lipinski definition) is 2. The topological polar surface area (TPSA) is 46.2 Å². The van der Waals surface area contributed by atoms with Gasteiger partial charge in [0.25, 0.3) is 0 Å². The van der Waals surface area contributed by atoms with Crippen LogP contribution in [0, 0.1) is 5.92 Å². The fourth-order valence-corrected chi connectivity index (χ4v) is 2.74. The minimum absolute atomic E-state index is 0.00405. The second-order valence-electron chi connectivity index (χ2n) is 5.15. The Bertz CT molecular complexity index is 493. The summed E-state index contributed by atoms with van der Waals surface area (Å²) in [7, 11) is 0. The molecule has 0 saturated heterocycles. The van der Waals surface area contributed by atoms with Crippen molar-refractivity contribution in [2.75, 3.05) is 5.32 Å². The van der Waals surface area contributed by atoms with Gasteiger partial charge in [-0.2, -0.15) is 0 Å². The molecular weight excluding hydrogens is 262 g/mol. The van der Waals surface area contributed by atoms with E-state index in [1.54, 1.807) is 18.2 Å². The maximum absolute atomic E-state index is 11.9. The van der Waals surface area contributed by atoms with Crippen molar-refractivity contribution < 1.29 is 9.59 Å². The van der Waals surface area contributed by atoms with Gasteiger partial charge >= 0.3 is 0 Å². The monoisotopic (exact) mass is 279 g/mol. The van der Waals surface area contributed by atoms with E-state index in [-0.39, 0.29) is 11.7 Å². The van der Waals surface area contributed by atoms with E-state index < -0.39 is 0 Å². The summed E-state index contributed by atoms with van der Waals surface area (Å²) in [6, 6.07) is 4.96. The Morgan fingerprint density at radius 1 is 1.32 bits per heavy atom. The van der Waals surface area contributed by atoms with Crippen LogP contribution in [-0.2, 0) is 4.79 Å². The van der Waals surface area contributed by atoms with Crippen LogP contribution in [0.2, 0.25) is 5.02 Å². The summed E-state index contributed by atoms with van der Waals surface area (Å²) in [5.74, 6) is 0.477. The van der Waals surface area contributed by atoms with Crippen LogP contribution in [0.15, 0.2) is 18.2 Å². The summed E-state index contributed by atoms with van der Waals surface area (Å²) in [4.78, 5) is 23.1. The molecule has 1 N–H and O–H groups in total. The average Bonchev–Trinajstić information content (AvgIpc) is 2.84. The average molecular weight is 280 g/mol. The maximum Gasteiger partial charge on any atom is 0.224 e. The number of hydrogen-bond donors (Lipinski definition) is 1. The number of benzene rings is 1. The first kappa shape index (κ1) is 14.1. The van der Waals surface area contributed by atoms with Crippen molar-refractivity contribution in [1.29, 1.82) is 0 Å². The first-order valence-electron chi connectivity index (χ1n) is 6.66. The van der Waals surface area contributed by atoms with Crippen LogP contribution in [0.1, 0.15) is 49.4 Å². The number of halogens is 1. The van der Waals surface area contributed by atoms with Gasteiger partial charge in [-0.05, 0) is 43.9 Å². The Kier molecular flexibility index (Phi) is 4.59. The number of nitrogens with one attached hydrogen (secondary N) is 1. The number of rotatable bonds is 4. The smallest absolute Gasteiger partial charge is 0.224 e. The largest absolute Gasteiger partial charge is 0.325 e. The lowest BCUT2D eigenvalue weighted by atomic mass is 10.0. The minimum Gasteiger partial charge on any atom is -0.325 e. The van der Waals surface area contributed by atoms with E-state index in [9.17, 15) is 9.59 Å². The number of ketones is 1. The lowest BCUT2D eigenvalue weighted by molar-refractivity contribution is -0.117. The second-order valence-corrected chi connectivity index (χ2v) is 5.56. The van der Waals surface area contributed by atoms with Gasteiger partial charge in [-0.3, -0.25) is 9.59 Å². The Labute approximate surface area is 118 Å². The van der Waals surface area contributed by atoms with Gasteiger partial charge in [-0.15, -0.1) is 0 Å². The SMILES string of the molecule is CC(=O)c1ccc(NC(=O)CC2CCCC2)c(Cl)c1. The molecule has 1 aliphatic carbocycles. The predicted molar refractivity (Wildman–Crippen MR) is 76.7 cm³/mol. The highest BCUT2D eigenvalue weighted by atomic mass is 35.5. The normalized spacial score (nSPS) is 15.5. The summed E-state index contributed by atoms with van der Waals surface area (Å²) in [6.45, 7) is 1.49. The fourth-order valence-electron chi connectivity index (χ4n) is 2.51. The summed E-state index contributed by atoms with van der Waals surface area (Å²) in [6.07, 6.45) is 5.30. The van der Waals surface area contributed by atoms with E-state index in [4.69, 9.17) is 11.6 Å². The zero-order chi connectivity index (χ0) is 13.8. The first-order valence-corrected chi connectivity index (χ1v) is 7.04. The van der Waals surface area contributed by atoms with Crippen LogP contribution in [0.4, 0.5) is 5.69 Å². The number of carbonyl (C=O) groups excluding carboxylic acids is 2. The second kappa shape index (κ2) is 6.20. The summed E-state index contributed by atoms with van der Waals surface area (Å²) in [5, 5.41) is 3.23. The zero-order valence-electron chi connectivity index (χ0n) is 11.0. The summed E-state index contributed by atoms with van der Waals surface area (Å²) in [5.41, 5.74) is 1.13. The molecule has 0 atom stereocenters. The molecule has 0 aromatic heterocycles. The van der Waals surface area contributed by atoms with Gasteiger partial charge in [0, 0.05) is 12.0 Å². The van der Waals surface area contributed by atoms with E-state index in [1.165, 1.54) is 19.8 Å². The maximum atomic E-state index is 11.9. The third-order valence-electron chi connectivity index (χ3n) is 3.60. The Morgan fingerprint density at radius 3 is 2.58 bits per heavy atom. The van der Waals surface area contributed by atoms with Crippen molar-refractivity contribution in [3.63, 3.8) is 0 Å². The molecular formula is C15H18ClNO2. The van der Waals surface area contributed by atoms with Gasteiger partial charge in [0.05, 0.1) is 10.7 Å². The molecule has 1 fully saturated rings. The Hall–Kier alpha value is -1.35. The molecule has 4 heteroatoms. The molecule has 0 spiro atoms. The molecule has 0 bridgehead atoms. The third-order valence-corrected chi connectivity index (χ3v) is 3.91. The van der Waals surface area contributed by atoms with Gasteiger partial charge in [0.2, 0.25) is 5.91 Å². The molecule has 1 aromatic rings. The lowest BCUT2D eigenvalue weighted by Gasteiger charge is -2.11. The predicted octanol–water partition coefficient (Wildman–Crippen LogP) is 4.06. The molecule has 0 unspecified atom stereocenters. The fraction of sp³-hybridized carbons (Fsp3) is 0.467. The summed E-state index contributed by atoms with van der Waals surface area (Å²) < 4.78 is 0. The number of Topliss-reactive ketones (excluding diaryl/α,β-unsaturated/α-hetero) is 1. The Morgan fingerprint density at radius 2 is 2.00 bits per heavy atom. The van der Waals surface area contributed by atoms with Crippen molar-refractivity contribution >= 4 is 29.0 Å². The van der Waals surface area contributed by atoms with Gasteiger partial charge in [-0.1, -0.05) is 24.4 Å². The molecule has 1 amide bonds. The van der Waals surface area contributed by atoms with Crippen LogP contribution in [-0.4, -0.2) is 11.7 Å². The Balaban J connectivity index is 1.98. The minimum atomic E-state index is -0.0364. The van der Waals surface area contributed by atoms with Crippen molar-refractivity contribution in [2.24, 2.45) is 5.92 Å². The highest BCUT2D eigenvalue weighted by Crippen LogP contribution is 2.29. The molecule has 19 heavy (non-hydrogen) atoms. The quantitative estimate of drug-likeness (QED) is 0.845. The molecule has 2 rings (SSSR count). The van der Waals surface area contributed by atoms with Crippen LogP contribution >= 0.6 is 11.6 Å². The molecule has 3 nitrogen and oxygen atoms in total. The van der Waals surface area contributed by atoms with E-state index in [0.717, 1.165) is 12.8 Å². The molecule has 1 aromatic carbocycles. The lowest BCUT2D eigenvalue weighted by Crippen LogP contribution is -2.15. The highest BCUT2D eigenvalue weighted by Gasteiger charge is 2.19. The highest BCUT2D eigenvalue weighted by molar-refractivity contribution is 6.34. The van der Waals surface area contributed by atoms with Gasteiger partial charge in [0.15, 0.2) is 5.78 Å². The molecule has 102 valence electrons. The van der Waals surface area contributed by atoms with Gasteiger partial charge in [-0.25, -0.2) is 0 Å². The molecule has 0 heterocycles. The number of amides is 1. The van der Waals surface area contributed by atoms with Crippen molar-refractivity contribution in [2.45, 2.75) is 39.0 Å². The van der Waals surface area contributed by atoms with Crippen LogP contribution in [0.25, 0.3) is 0 Å². The van der Waals surface area contributed by atoms with E-state index in [2.05, 4.69) is 5.32 Å². The molecule has 1 aliphatic rings. The van der Waals surface area contributed by atoms with E-state index in [0.29, 0.717) is 28.6 Å². The zero-order valence-corrected chi connectivity index (χ0v) is 11.8. The van der Waals surface area contributed by atoms with Crippen LogP contribution in [0.5, 0.6) is 0 Å². The van der Waals surface area contributed by atoms with Gasteiger partial charge in [0.1, 0.15) is 0 Å². The van der Waals surface area contributed by atoms with Gasteiger partial charge < -0.3 is 5.32 Å². The number of carbonyl (C=O) groups is 2. The number of anilines is 1. The van der Waals surface area contributed by atoms with E-state index in [1.807, 2.05) is 0 Å². The third kappa shape index (κ3) is 3.80. The molecule has 1 saturated carbocycles. The van der Waals surface area contributed by atoms with Crippen molar-refractivity contribution in [1.82, 2.24) is 0 Å². The summed E-state index contributed by atoms with van der Waals surface area (Å²) >= 11 is 6.07. The van der Waals surface area contributed by atoms with Crippen molar-refractivity contribution in [3.05, 3.63) is 28.8 Å². The molecule has 0 radical (unpaired) electrons. The van der Waals surface area contributed by atoms with Crippen molar-refractivity contribution in [3.8, 4) is 0 Å². The van der Waals surface area contributed by atoms with Crippen LogP contribution in [0.3, 0.4) is 0 Å². The standard InChI is InChI=1S/C15H18ClNO2/c1-10(18)12-6-7-14(13(16)9-12)17-15(19)8-11-4-2-3-5-11/h6-7,9,11H,2-5,8H2,1H3,(H,17,19). The van der Waals surface area contributed by atoms with Crippen LogP contribution < -0.4 is 5.32 Å².